The Bertz CT molecular complexity index is 1130. The molecular formula is C20H24ClN3O4S2. The Balaban J connectivity index is 0.00000320. The number of nitrogens with zero attached hydrogens (tertiary/aromatic N) is 3. The number of fused-ring (bicyclic) bond motifs is 1. The Morgan fingerprint density at radius 1 is 1.10 bits per heavy atom. The second-order valence-electron chi connectivity index (χ2n) is 6.86. The minimum atomic E-state index is -3.43. The maximum absolute atomic E-state index is 13.2. The van der Waals surface area contributed by atoms with Gasteiger partial charge in [0.2, 0.25) is 0 Å². The van der Waals surface area contributed by atoms with Crippen LogP contribution in [0.25, 0.3) is 10.2 Å². The van der Waals surface area contributed by atoms with Gasteiger partial charge in [0.15, 0.2) is 15.0 Å². The number of thiazole rings is 1. The molecule has 0 atom stereocenters. The van der Waals surface area contributed by atoms with Gasteiger partial charge in [0.05, 0.1) is 16.7 Å². The predicted molar refractivity (Wildman–Crippen MR) is 123 cm³/mol. The summed E-state index contributed by atoms with van der Waals surface area (Å²) in [5, 5.41) is 0.471. The molecule has 1 heterocycles. The number of methoxy groups -OCH3 is 1. The molecule has 0 saturated heterocycles. The highest BCUT2D eigenvalue weighted by Gasteiger charge is 2.23. The number of para-hydroxylation sites is 1. The van der Waals surface area contributed by atoms with E-state index in [0.717, 1.165) is 11.0 Å². The molecule has 30 heavy (non-hydrogen) atoms. The third-order valence-corrected chi connectivity index (χ3v) is 6.53. The molecule has 2 aromatic carbocycles. The molecule has 0 unspecified atom stereocenters. The molecule has 1 amide bonds. The molecule has 0 saturated carbocycles. The number of rotatable bonds is 7. The third kappa shape index (κ3) is 5.28. The van der Waals surface area contributed by atoms with Crippen molar-refractivity contribution in [2.45, 2.75) is 4.90 Å². The molecule has 0 N–H and O–H groups in total. The number of carbonyl (C=O) groups excluding carboxylic acids is 1. The number of benzene rings is 2. The van der Waals surface area contributed by atoms with Crippen molar-refractivity contribution in [1.29, 1.82) is 0 Å². The molecule has 0 spiro atoms. The predicted octanol–water partition coefficient (Wildman–Crippen LogP) is 3.34. The van der Waals surface area contributed by atoms with E-state index in [9.17, 15) is 13.2 Å². The number of sulfone groups is 1. The van der Waals surface area contributed by atoms with E-state index in [2.05, 4.69) is 4.98 Å². The van der Waals surface area contributed by atoms with Crippen LogP contribution in [0.3, 0.4) is 0 Å². The van der Waals surface area contributed by atoms with Crippen LogP contribution in [0, 0.1) is 0 Å². The zero-order chi connectivity index (χ0) is 21.2. The molecule has 0 radical (unpaired) electrons. The fourth-order valence-corrected chi connectivity index (χ4v) is 4.71. The lowest BCUT2D eigenvalue weighted by Crippen LogP contribution is -2.36. The van der Waals surface area contributed by atoms with Gasteiger partial charge in [0.1, 0.15) is 11.3 Å². The van der Waals surface area contributed by atoms with Crippen molar-refractivity contribution >= 4 is 54.8 Å². The van der Waals surface area contributed by atoms with E-state index in [1.54, 1.807) is 42.3 Å². The largest absolute Gasteiger partial charge is 0.497 e. The van der Waals surface area contributed by atoms with Crippen molar-refractivity contribution in [2.24, 2.45) is 0 Å². The Labute approximate surface area is 186 Å². The molecule has 0 fully saturated rings. The van der Waals surface area contributed by atoms with Gasteiger partial charge in [-0.05, 0) is 50.5 Å². The molecule has 0 aliphatic carbocycles. The van der Waals surface area contributed by atoms with Gasteiger partial charge in [-0.2, -0.15) is 0 Å². The van der Waals surface area contributed by atoms with Gasteiger partial charge in [-0.25, -0.2) is 13.4 Å². The lowest BCUT2D eigenvalue weighted by molar-refractivity contribution is 0.0985. The lowest BCUT2D eigenvalue weighted by Gasteiger charge is -2.22. The van der Waals surface area contributed by atoms with Crippen molar-refractivity contribution < 1.29 is 17.9 Å². The van der Waals surface area contributed by atoms with E-state index in [1.807, 2.05) is 25.1 Å². The molecular weight excluding hydrogens is 446 g/mol. The van der Waals surface area contributed by atoms with Crippen LogP contribution in [0.4, 0.5) is 5.13 Å². The van der Waals surface area contributed by atoms with Gasteiger partial charge in [-0.3, -0.25) is 9.69 Å². The summed E-state index contributed by atoms with van der Waals surface area (Å²) in [5.74, 6) is 0.466. The standard InChI is InChI=1S/C20H23N3O4S2.ClH/c1-22(2)12-13-23(19(24)14-8-10-15(27-3)11-9-14)20-21-18-16(28-20)6-5-7-17(18)29(4,25)26;/h5-11H,12-13H2,1-4H3;1H. The van der Waals surface area contributed by atoms with Crippen molar-refractivity contribution in [3.05, 3.63) is 48.0 Å². The molecule has 3 aromatic rings. The fourth-order valence-electron chi connectivity index (χ4n) is 2.80. The Kier molecular flexibility index (Phi) is 7.81. The highest BCUT2D eigenvalue weighted by Crippen LogP contribution is 2.33. The zero-order valence-electron chi connectivity index (χ0n) is 17.2. The molecule has 7 nitrogen and oxygen atoms in total. The van der Waals surface area contributed by atoms with Crippen LogP contribution < -0.4 is 9.64 Å². The first kappa shape index (κ1) is 24.1. The first-order valence-electron chi connectivity index (χ1n) is 8.91. The monoisotopic (exact) mass is 469 g/mol. The van der Waals surface area contributed by atoms with Crippen LogP contribution in [0.5, 0.6) is 5.75 Å². The summed E-state index contributed by atoms with van der Waals surface area (Å²) >= 11 is 1.30. The minimum Gasteiger partial charge on any atom is -0.497 e. The average molecular weight is 470 g/mol. The molecule has 10 heteroatoms. The highest BCUT2D eigenvalue weighted by atomic mass is 35.5. The van der Waals surface area contributed by atoms with Crippen molar-refractivity contribution in [3.8, 4) is 5.75 Å². The highest BCUT2D eigenvalue weighted by molar-refractivity contribution is 7.91. The summed E-state index contributed by atoms with van der Waals surface area (Å²) in [4.78, 5) is 21.5. The second-order valence-corrected chi connectivity index (χ2v) is 9.85. The second kappa shape index (κ2) is 9.74. The normalized spacial score (nSPS) is 11.4. The van der Waals surface area contributed by atoms with Gasteiger partial charge in [-0.15, -0.1) is 12.4 Å². The summed E-state index contributed by atoms with van der Waals surface area (Å²) in [6, 6.07) is 11.9. The summed E-state index contributed by atoms with van der Waals surface area (Å²) in [5.41, 5.74) is 0.902. The minimum absolute atomic E-state index is 0. The Morgan fingerprint density at radius 3 is 2.33 bits per heavy atom. The summed E-state index contributed by atoms with van der Waals surface area (Å²) in [6.45, 7) is 1.06. The summed E-state index contributed by atoms with van der Waals surface area (Å²) in [6.07, 6.45) is 1.16. The van der Waals surface area contributed by atoms with Gasteiger partial charge < -0.3 is 9.64 Å². The number of anilines is 1. The smallest absolute Gasteiger partial charge is 0.260 e. The number of aromatic nitrogens is 1. The lowest BCUT2D eigenvalue weighted by atomic mass is 10.2. The van der Waals surface area contributed by atoms with Gasteiger partial charge in [0, 0.05) is 24.9 Å². The molecule has 0 aliphatic rings. The van der Waals surface area contributed by atoms with E-state index in [1.165, 1.54) is 17.4 Å². The number of carbonyl (C=O) groups is 1. The number of halogens is 1. The molecule has 162 valence electrons. The van der Waals surface area contributed by atoms with E-state index in [4.69, 9.17) is 4.74 Å². The third-order valence-electron chi connectivity index (χ3n) is 4.35. The number of hydrogen-bond acceptors (Lipinski definition) is 7. The van der Waals surface area contributed by atoms with Crippen molar-refractivity contribution in [3.63, 3.8) is 0 Å². The van der Waals surface area contributed by atoms with E-state index in [0.29, 0.717) is 35.1 Å². The Hall–Kier alpha value is -2.20. The zero-order valence-corrected chi connectivity index (χ0v) is 19.6. The molecule has 1 aromatic heterocycles. The SMILES string of the molecule is COc1ccc(C(=O)N(CCN(C)C)c2nc3c(S(C)(=O)=O)cccc3s2)cc1.Cl. The van der Waals surface area contributed by atoms with E-state index in [-0.39, 0.29) is 23.2 Å². The van der Waals surface area contributed by atoms with Crippen LogP contribution in [-0.4, -0.2) is 64.8 Å². The number of hydrogen-bond donors (Lipinski definition) is 0. The quantitative estimate of drug-likeness (QED) is 0.528. The topological polar surface area (TPSA) is 79.8 Å². The van der Waals surface area contributed by atoms with Gasteiger partial charge in [-0.1, -0.05) is 17.4 Å². The number of amides is 1. The van der Waals surface area contributed by atoms with Crippen molar-refractivity contribution in [1.82, 2.24) is 9.88 Å². The van der Waals surface area contributed by atoms with E-state index < -0.39 is 9.84 Å². The molecule has 3 rings (SSSR count). The first-order chi connectivity index (χ1) is 13.7. The first-order valence-corrected chi connectivity index (χ1v) is 11.6. The summed E-state index contributed by atoms with van der Waals surface area (Å²) in [7, 11) is 1.99. The number of ether oxygens (including phenoxy) is 1. The maximum Gasteiger partial charge on any atom is 0.260 e. The van der Waals surface area contributed by atoms with Crippen LogP contribution >= 0.6 is 23.7 Å². The number of likely N-dealkylation sites (N-methyl/N-ethyl adjacent to an activating group) is 1. The van der Waals surface area contributed by atoms with Crippen LogP contribution in [0.15, 0.2) is 47.4 Å². The maximum atomic E-state index is 13.2. The van der Waals surface area contributed by atoms with Gasteiger partial charge in [0.25, 0.3) is 5.91 Å². The van der Waals surface area contributed by atoms with E-state index >= 15 is 0 Å². The van der Waals surface area contributed by atoms with Gasteiger partial charge >= 0.3 is 0 Å². The Morgan fingerprint density at radius 2 is 1.77 bits per heavy atom. The fraction of sp³-hybridized carbons (Fsp3) is 0.300. The average Bonchev–Trinajstić information content (AvgIpc) is 3.10. The molecule has 0 aliphatic heterocycles. The van der Waals surface area contributed by atoms with Crippen molar-refractivity contribution in [2.75, 3.05) is 45.5 Å². The van der Waals surface area contributed by atoms with Crippen LogP contribution in [0.1, 0.15) is 10.4 Å². The summed E-state index contributed by atoms with van der Waals surface area (Å²) < 4.78 is 30.1. The van der Waals surface area contributed by atoms with Crippen LogP contribution in [-0.2, 0) is 9.84 Å². The van der Waals surface area contributed by atoms with Crippen LogP contribution in [0.2, 0.25) is 0 Å². The molecule has 0 bridgehead atoms.